The fourth-order valence-electron chi connectivity index (χ4n) is 2.83. The van der Waals surface area contributed by atoms with Gasteiger partial charge in [0.15, 0.2) is 5.82 Å². The van der Waals surface area contributed by atoms with E-state index in [4.69, 9.17) is 8.94 Å². The molecule has 0 radical (unpaired) electrons. The number of hydrogen-bond acceptors (Lipinski definition) is 6. The monoisotopic (exact) mass is 290 g/mol. The third-order valence-electron chi connectivity index (χ3n) is 3.98. The number of hydrogen-bond donors (Lipinski definition) is 1. The molecule has 0 saturated carbocycles. The van der Waals surface area contributed by atoms with Crippen molar-refractivity contribution in [3.8, 4) is 11.5 Å². The molecule has 6 nitrogen and oxygen atoms in total. The van der Waals surface area contributed by atoms with E-state index in [1.807, 2.05) is 13.0 Å². The van der Waals surface area contributed by atoms with Crippen LogP contribution in [0, 0.1) is 6.92 Å². The van der Waals surface area contributed by atoms with Crippen molar-refractivity contribution in [3.63, 3.8) is 0 Å². The first-order valence-corrected chi connectivity index (χ1v) is 7.62. The number of nitrogens with one attached hydrogen (secondary N) is 1. The third kappa shape index (κ3) is 3.01. The highest BCUT2D eigenvalue weighted by Crippen LogP contribution is 2.28. The molecular weight excluding hydrogens is 268 g/mol. The maximum Gasteiger partial charge on any atom is 0.261 e. The molecule has 3 heterocycles. The molecular formula is C15H22N4O2. The quantitative estimate of drug-likeness (QED) is 0.912. The highest BCUT2D eigenvalue weighted by Gasteiger charge is 2.26. The molecule has 1 N–H and O–H groups in total. The molecule has 2 aromatic heterocycles. The molecule has 0 bridgehead atoms. The van der Waals surface area contributed by atoms with Crippen LogP contribution in [0.3, 0.4) is 0 Å². The zero-order valence-corrected chi connectivity index (χ0v) is 12.6. The van der Waals surface area contributed by atoms with Gasteiger partial charge in [0, 0.05) is 26.2 Å². The van der Waals surface area contributed by atoms with Crippen LogP contribution in [0.15, 0.2) is 21.3 Å². The van der Waals surface area contributed by atoms with Gasteiger partial charge in [0.05, 0.1) is 17.9 Å². The third-order valence-corrected chi connectivity index (χ3v) is 3.98. The van der Waals surface area contributed by atoms with E-state index in [1.165, 1.54) is 0 Å². The van der Waals surface area contributed by atoms with Crippen LogP contribution in [0.5, 0.6) is 0 Å². The zero-order valence-electron chi connectivity index (χ0n) is 12.6. The van der Waals surface area contributed by atoms with E-state index < -0.39 is 0 Å². The summed E-state index contributed by atoms with van der Waals surface area (Å²) in [5, 5.41) is 7.60. The zero-order chi connectivity index (χ0) is 14.7. The summed E-state index contributed by atoms with van der Waals surface area (Å²) < 4.78 is 10.8. The Bertz CT molecular complexity index is 572. The van der Waals surface area contributed by atoms with Crippen LogP contribution >= 0.6 is 0 Å². The predicted molar refractivity (Wildman–Crippen MR) is 78.8 cm³/mol. The van der Waals surface area contributed by atoms with Crippen molar-refractivity contribution in [3.05, 3.63) is 23.9 Å². The van der Waals surface area contributed by atoms with Gasteiger partial charge in [-0.3, -0.25) is 4.90 Å². The maximum atomic E-state index is 5.44. The molecule has 0 aliphatic carbocycles. The van der Waals surface area contributed by atoms with Gasteiger partial charge in [-0.1, -0.05) is 18.5 Å². The van der Waals surface area contributed by atoms with Crippen LogP contribution < -0.4 is 5.32 Å². The predicted octanol–water partition coefficient (Wildman–Crippen LogP) is 2.38. The summed E-state index contributed by atoms with van der Waals surface area (Å²) in [6.45, 7) is 8.19. The van der Waals surface area contributed by atoms with E-state index in [0.717, 1.165) is 56.2 Å². The smallest absolute Gasteiger partial charge is 0.261 e. The average molecular weight is 290 g/mol. The van der Waals surface area contributed by atoms with Crippen LogP contribution in [0.25, 0.3) is 11.5 Å². The molecule has 2 aromatic rings. The van der Waals surface area contributed by atoms with Crippen molar-refractivity contribution >= 4 is 0 Å². The van der Waals surface area contributed by atoms with Gasteiger partial charge in [0.2, 0.25) is 0 Å². The Morgan fingerprint density at radius 2 is 2.19 bits per heavy atom. The first-order valence-electron chi connectivity index (χ1n) is 7.62. The van der Waals surface area contributed by atoms with Crippen molar-refractivity contribution in [1.29, 1.82) is 0 Å². The molecule has 1 unspecified atom stereocenters. The molecule has 6 heteroatoms. The summed E-state index contributed by atoms with van der Waals surface area (Å²) in [4.78, 5) is 7.05. The van der Waals surface area contributed by atoms with E-state index in [2.05, 4.69) is 27.3 Å². The van der Waals surface area contributed by atoms with Gasteiger partial charge < -0.3 is 14.3 Å². The topological polar surface area (TPSA) is 67.3 Å². The van der Waals surface area contributed by atoms with E-state index in [1.54, 1.807) is 6.26 Å². The van der Waals surface area contributed by atoms with Gasteiger partial charge in [-0.05, 0) is 19.4 Å². The van der Waals surface area contributed by atoms with E-state index in [0.29, 0.717) is 5.89 Å². The summed E-state index contributed by atoms with van der Waals surface area (Å²) in [5.74, 6) is 2.14. The van der Waals surface area contributed by atoms with Gasteiger partial charge in [0.1, 0.15) is 5.76 Å². The first-order chi connectivity index (χ1) is 10.3. The summed E-state index contributed by atoms with van der Waals surface area (Å²) in [6.07, 6.45) is 3.79. The molecule has 21 heavy (non-hydrogen) atoms. The summed E-state index contributed by atoms with van der Waals surface area (Å²) in [6, 6.07) is 2.11. The Hall–Kier alpha value is -1.66. The molecule has 1 fully saturated rings. The molecule has 1 saturated heterocycles. The second kappa shape index (κ2) is 6.41. The first kappa shape index (κ1) is 14.3. The van der Waals surface area contributed by atoms with Crippen LogP contribution in [-0.4, -0.2) is 41.2 Å². The lowest BCUT2D eigenvalue weighted by Crippen LogP contribution is -2.45. The summed E-state index contributed by atoms with van der Waals surface area (Å²) in [5.41, 5.74) is 0.879. The van der Waals surface area contributed by atoms with Crippen molar-refractivity contribution in [2.24, 2.45) is 0 Å². The van der Waals surface area contributed by atoms with E-state index >= 15 is 0 Å². The van der Waals surface area contributed by atoms with Gasteiger partial charge in [-0.15, -0.1) is 0 Å². The lowest BCUT2D eigenvalue weighted by atomic mass is 10.1. The standard InChI is InChI=1S/C15H22N4O2/c1-3-4-13(19-8-6-16-7-9-19)14-17-15(21-18-14)12-5-10-20-11(12)2/h5,10,13,16H,3-4,6-9H2,1-2H3. The van der Waals surface area contributed by atoms with Gasteiger partial charge >= 0.3 is 0 Å². The molecule has 0 amide bonds. The minimum Gasteiger partial charge on any atom is -0.469 e. The second-order valence-corrected chi connectivity index (χ2v) is 5.44. The molecule has 114 valence electrons. The average Bonchev–Trinajstić information content (AvgIpc) is 3.14. The largest absolute Gasteiger partial charge is 0.469 e. The highest BCUT2D eigenvalue weighted by molar-refractivity contribution is 5.54. The lowest BCUT2D eigenvalue weighted by molar-refractivity contribution is 0.155. The van der Waals surface area contributed by atoms with Gasteiger partial charge in [-0.2, -0.15) is 4.98 Å². The van der Waals surface area contributed by atoms with Crippen molar-refractivity contribution in [1.82, 2.24) is 20.4 Å². The Balaban J connectivity index is 1.83. The Morgan fingerprint density at radius 3 is 2.86 bits per heavy atom. The SMILES string of the molecule is CCCC(c1noc(-c2ccoc2C)n1)N1CCNCC1. The Morgan fingerprint density at radius 1 is 1.38 bits per heavy atom. The van der Waals surface area contributed by atoms with Crippen LogP contribution in [-0.2, 0) is 0 Å². The molecule has 0 aromatic carbocycles. The highest BCUT2D eigenvalue weighted by atomic mass is 16.5. The fourth-order valence-corrected chi connectivity index (χ4v) is 2.83. The molecule has 3 rings (SSSR count). The minimum atomic E-state index is 0.238. The minimum absolute atomic E-state index is 0.238. The van der Waals surface area contributed by atoms with Crippen molar-refractivity contribution in [2.45, 2.75) is 32.7 Å². The summed E-state index contributed by atoms with van der Waals surface area (Å²) >= 11 is 0. The molecule has 1 aliphatic rings. The van der Waals surface area contributed by atoms with E-state index in [9.17, 15) is 0 Å². The van der Waals surface area contributed by atoms with E-state index in [-0.39, 0.29) is 6.04 Å². The van der Waals surface area contributed by atoms with Crippen molar-refractivity contribution < 1.29 is 8.94 Å². The normalized spacial score (nSPS) is 18.0. The second-order valence-electron chi connectivity index (χ2n) is 5.44. The number of aryl methyl sites for hydroxylation is 1. The number of furan rings is 1. The Labute approximate surface area is 124 Å². The number of nitrogens with zero attached hydrogens (tertiary/aromatic N) is 3. The molecule has 0 spiro atoms. The van der Waals surface area contributed by atoms with Gasteiger partial charge in [0.25, 0.3) is 5.89 Å². The van der Waals surface area contributed by atoms with Crippen LogP contribution in [0.2, 0.25) is 0 Å². The molecule has 1 atom stereocenters. The van der Waals surface area contributed by atoms with Gasteiger partial charge in [-0.25, -0.2) is 0 Å². The summed E-state index contributed by atoms with van der Waals surface area (Å²) in [7, 11) is 0. The number of piperazine rings is 1. The van der Waals surface area contributed by atoms with Crippen molar-refractivity contribution in [2.75, 3.05) is 26.2 Å². The fraction of sp³-hybridized carbons (Fsp3) is 0.600. The Kier molecular flexibility index (Phi) is 4.36. The maximum absolute atomic E-state index is 5.44. The lowest BCUT2D eigenvalue weighted by Gasteiger charge is -2.33. The number of rotatable bonds is 5. The van der Waals surface area contributed by atoms with Crippen LogP contribution in [0.1, 0.15) is 37.4 Å². The van der Waals surface area contributed by atoms with Crippen LogP contribution in [0.4, 0.5) is 0 Å². The number of aromatic nitrogens is 2. The molecule has 1 aliphatic heterocycles.